The summed E-state index contributed by atoms with van der Waals surface area (Å²) >= 11 is 0. The molecule has 0 unspecified atom stereocenters. The number of amides is 1. The van der Waals surface area contributed by atoms with Crippen LogP contribution in [0.2, 0.25) is 0 Å². The van der Waals surface area contributed by atoms with E-state index in [0.717, 1.165) is 13.0 Å². The van der Waals surface area contributed by atoms with E-state index in [0.29, 0.717) is 0 Å². The molecular weight excluding hydrogens is 566 g/mol. The van der Waals surface area contributed by atoms with Crippen molar-refractivity contribution >= 4 is 84.4 Å². The molecule has 18 heteroatoms. The summed E-state index contributed by atoms with van der Waals surface area (Å²) in [6.07, 6.45) is 0. The van der Waals surface area contributed by atoms with Crippen LogP contribution >= 0.6 is 0 Å². The summed E-state index contributed by atoms with van der Waals surface area (Å²) in [7, 11) is -23.2. The number of benzene rings is 4. The van der Waals surface area contributed by atoms with E-state index in [1.54, 1.807) is 0 Å². The Kier molecular flexibility index (Phi) is 5.63. The van der Waals surface area contributed by atoms with Crippen molar-refractivity contribution in [3.05, 3.63) is 30.3 Å². The fourth-order valence-corrected chi connectivity index (χ4v) is 8.78. The van der Waals surface area contributed by atoms with Gasteiger partial charge in [0.15, 0.2) is 0 Å². The molecule has 4 rings (SSSR count). The van der Waals surface area contributed by atoms with Gasteiger partial charge in [0.05, 0.1) is 5.69 Å². The van der Waals surface area contributed by atoms with Crippen molar-refractivity contribution in [3.8, 4) is 0 Å². The molecule has 36 heavy (non-hydrogen) atoms. The Hall–Kier alpha value is -2.97. The second kappa shape index (κ2) is 7.76. The summed E-state index contributed by atoms with van der Waals surface area (Å²) in [5.74, 6) is -0.920. The summed E-state index contributed by atoms with van der Waals surface area (Å²) < 4.78 is 139. The topological polar surface area (TPSA) is 247 Å². The van der Waals surface area contributed by atoms with Gasteiger partial charge in [-0.3, -0.25) is 23.0 Å². The first-order valence-corrected chi connectivity index (χ1v) is 15.0. The third-order valence-corrected chi connectivity index (χ3v) is 9.21. The molecule has 0 atom stereocenters. The van der Waals surface area contributed by atoms with Gasteiger partial charge in [0.25, 0.3) is 40.5 Å². The van der Waals surface area contributed by atoms with Gasteiger partial charge in [0, 0.05) is 28.5 Å². The average Bonchev–Trinajstić information content (AvgIpc) is 2.67. The quantitative estimate of drug-likeness (QED) is 0.166. The van der Waals surface area contributed by atoms with E-state index in [4.69, 9.17) is 0 Å². The summed E-state index contributed by atoms with van der Waals surface area (Å²) in [5.41, 5.74) is -0.735. The molecule has 0 radical (unpaired) electrons. The van der Waals surface area contributed by atoms with Crippen molar-refractivity contribution in [1.29, 1.82) is 0 Å². The standard InChI is InChI=1S/C18H13NO13S4/c1-7(20)19-14-9-4-2-3-8-5-6-10-12(11(8)9)13(16(14)34(24,25)26)17(35(27,28)29)18(36(30,31)32)15(10)33(21,22)23/h2-6H,1H3,(H,19,20)(H,21,22,23)(H,24,25,26)(H,27,28,29)(H,30,31,32). The smallest absolute Gasteiger partial charge is 0.297 e. The number of carbonyl (C=O) groups excluding carboxylic acids is 1. The van der Waals surface area contributed by atoms with Crippen LogP contribution in [-0.2, 0) is 45.3 Å². The predicted molar refractivity (Wildman–Crippen MR) is 124 cm³/mol. The third kappa shape index (κ3) is 3.96. The van der Waals surface area contributed by atoms with E-state index in [1.165, 1.54) is 24.3 Å². The monoisotopic (exact) mass is 579 g/mol. The predicted octanol–water partition coefficient (Wildman–Crippen LogP) is 1.53. The van der Waals surface area contributed by atoms with Crippen LogP contribution in [-0.4, -0.2) is 57.8 Å². The maximum Gasteiger partial charge on any atom is 0.297 e. The Labute approximate surface area is 202 Å². The molecule has 0 saturated carbocycles. The van der Waals surface area contributed by atoms with Crippen LogP contribution in [0.3, 0.4) is 0 Å². The molecule has 5 N–H and O–H groups in total. The molecule has 0 aliphatic heterocycles. The minimum Gasteiger partial charge on any atom is -0.325 e. The van der Waals surface area contributed by atoms with Crippen LogP contribution < -0.4 is 5.32 Å². The highest BCUT2D eigenvalue weighted by molar-refractivity contribution is 7.91. The lowest BCUT2D eigenvalue weighted by Crippen LogP contribution is -2.18. The second-order valence-corrected chi connectivity index (χ2v) is 13.0. The maximum absolute atomic E-state index is 12.6. The summed E-state index contributed by atoms with van der Waals surface area (Å²) in [6.45, 7) is 0.930. The Morgan fingerprint density at radius 2 is 1.14 bits per heavy atom. The van der Waals surface area contributed by atoms with E-state index in [9.17, 15) is 56.7 Å². The van der Waals surface area contributed by atoms with Gasteiger partial charge < -0.3 is 5.32 Å². The fourth-order valence-electron chi connectivity index (χ4n) is 4.25. The SMILES string of the molecule is CC(=O)Nc1c(S(=O)(=O)O)c2c(S(=O)(=O)O)c(S(=O)(=O)O)c(S(=O)(=O)O)c3ccc4cccc1c4c32. The molecule has 0 heterocycles. The van der Waals surface area contributed by atoms with Crippen LogP contribution in [0.1, 0.15) is 6.92 Å². The average molecular weight is 580 g/mol. The van der Waals surface area contributed by atoms with Crippen LogP contribution in [0.5, 0.6) is 0 Å². The normalized spacial score (nSPS) is 13.6. The van der Waals surface area contributed by atoms with Gasteiger partial charge in [0.2, 0.25) is 5.91 Å². The van der Waals surface area contributed by atoms with Crippen molar-refractivity contribution in [2.24, 2.45) is 0 Å². The van der Waals surface area contributed by atoms with Gasteiger partial charge in [-0.1, -0.05) is 30.3 Å². The molecule has 1 amide bonds. The van der Waals surface area contributed by atoms with Gasteiger partial charge in [0.1, 0.15) is 19.6 Å². The third-order valence-electron chi connectivity index (χ3n) is 5.24. The molecule has 0 aliphatic carbocycles. The minimum absolute atomic E-state index is 0.141. The lowest BCUT2D eigenvalue weighted by molar-refractivity contribution is -0.114. The molecule has 14 nitrogen and oxygen atoms in total. The van der Waals surface area contributed by atoms with Gasteiger partial charge in [-0.25, -0.2) is 0 Å². The van der Waals surface area contributed by atoms with Crippen molar-refractivity contribution in [3.63, 3.8) is 0 Å². The lowest BCUT2D eigenvalue weighted by atomic mass is 9.93. The van der Waals surface area contributed by atoms with Crippen molar-refractivity contribution < 1.29 is 56.7 Å². The summed E-state index contributed by atoms with van der Waals surface area (Å²) in [4.78, 5) is 4.77. The fraction of sp³-hybridized carbons (Fsp3) is 0.0556. The van der Waals surface area contributed by atoms with E-state index in [2.05, 4.69) is 5.32 Å². The maximum atomic E-state index is 12.6. The zero-order chi connectivity index (χ0) is 27.2. The van der Waals surface area contributed by atoms with Crippen molar-refractivity contribution in [1.82, 2.24) is 0 Å². The Balaban J connectivity index is 2.70. The second-order valence-electron chi connectivity index (χ2n) is 7.54. The number of nitrogens with one attached hydrogen (secondary N) is 1. The van der Waals surface area contributed by atoms with E-state index in [1.807, 2.05) is 0 Å². The number of hydrogen-bond acceptors (Lipinski definition) is 9. The zero-order valence-electron chi connectivity index (χ0n) is 17.5. The Bertz CT molecular complexity index is 2080. The molecular formula is C18H13NO13S4. The van der Waals surface area contributed by atoms with Gasteiger partial charge >= 0.3 is 0 Å². The number of rotatable bonds is 5. The Morgan fingerprint density at radius 3 is 1.61 bits per heavy atom. The number of hydrogen-bond donors (Lipinski definition) is 5. The minimum atomic E-state index is -5.96. The molecule has 4 aromatic carbocycles. The highest BCUT2D eigenvalue weighted by Crippen LogP contribution is 2.50. The summed E-state index contributed by atoms with van der Waals surface area (Å²) in [6, 6.07) is 6.09. The Morgan fingerprint density at radius 1 is 0.611 bits per heavy atom. The highest BCUT2D eigenvalue weighted by Gasteiger charge is 2.40. The first-order chi connectivity index (χ1) is 16.3. The van der Waals surface area contributed by atoms with Gasteiger partial charge in [-0.2, -0.15) is 33.7 Å². The molecule has 0 bridgehead atoms. The van der Waals surface area contributed by atoms with Gasteiger partial charge in [-0.05, 0) is 10.8 Å². The van der Waals surface area contributed by atoms with Crippen molar-refractivity contribution in [2.45, 2.75) is 26.5 Å². The molecule has 4 aromatic rings. The first kappa shape index (κ1) is 26.1. The van der Waals surface area contributed by atoms with E-state index >= 15 is 0 Å². The van der Waals surface area contributed by atoms with Crippen LogP contribution in [0.25, 0.3) is 32.3 Å². The summed E-state index contributed by atoms with van der Waals surface area (Å²) in [5, 5.41) is -0.705. The van der Waals surface area contributed by atoms with Crippen LogP contribution in [0, 0.1) is 0 Å². The van der Waals surface area contributed by atoms with Gasteiger partial charge in [-0.15, -0.1) is 0 Å². The lowest BCUT2D eigenvalue weighted by Gasteiger charge is -2.22. The number of anilines is 1. The molecule has 0 aliphatic rings. The zero-order valence-corrected chi connectivity index (χ0v) is 20.7. The first-order valence-electron chi connectivity index (χ1n) is 9.24. The number of carbonyl (C=O) groups is 1. The molecule has 0 spiro atoms. The molecule has 0 saturated heterocycles. The van der Waals surface area contributed by atoms with Crippen LogP contribution in [0.15, 0.2) is 49.9 Å². The molecule has 0 aromatic heterocycles. The van der Waals surface area contributed by atoms with Crippen LogP contribution in [0.4, 0.5) is 5.69 Å². The van der Waals surface area contributed by atoms with E-state index in [-0.39, 0.29) is 16.2 Å². The molecule has 192 valence electrons. The largest absolute Gasteiger partial charge is 0.325 e. The molecule has 0 fully saturated rings. The van der Waals surface area contributed by atoms with E-state index < -0.39 is 87.8 Å². The van der Waals surface area contributed by atoms with Crippen molar-refractivity contribution in [2.75, 3.05) is 5.32 Å². The highest BCUT2D eigenvalue weighted by atomic mass is 32.2.